The molecule has 1 saturated carbocycles. The van der Waals surface area contributed by atoms with Crippen LogP contribution in [0.4, 0.5) is 4.79 Å². The molecule has 3 rings (SSSR count). The number of aromatic nitrogens is 2. The number of likely N-dealkylation sites (N-methyl/N-ethyl adjacent to an activating group) is 1. The monoisotopic (exact) mass is 345 g/mol. The van der Waals surface area contributed by atoms with Gasteiger partial charge in [0.05, 0.1) is 18.3 Å². The molecule has 0 saturated heterocycles. The van der Waals surface area contributed by atoms with Gasteiger partial charge in [0, 0.05) is 30.4 Å². The molecule has 0 bridgehead atoms. The number of urea groups is 1. The van der Waals surface area contributed by atoms with E-state index in [0.717, 1.165) is 23.9 Å². The number of nitrogens with zero attached hydrogens (tertiary/aromatic N) is 3. The Labute approximate surface area is 145 Å². The highest BCUT2D eigenvalue weighted by Crippen LogP contribution is 2.25. The van der Waals surface area contributed by atoms with Crippen LogP contribution in [0.3, 0.4) is 0 Å². The smallest absolute Gasteiger partial charge is 0.317 e. The molecule has 0 radical (unpaired) electrons. The van der Waals surface area contributed by atoms with Crippen LogP contribution < -0.4 is 10.6 Å². The molecule has 3 N–H and O–H groups in total. The van der Waals surface area contributed by atoms with Crippen molar-refractivity contribution in [2.75, 3.05) is 13.1 Å². The summed E-state index contributed by atoms with van der Waals surface area (Å²) < 4.78 is 1.77. The van der Waals surface area contributed by atoms with Crippen LogP contribution in [0, 0.1) is 0 Å². The van der Waals surface area contributed by atoms with E-state index in [-0.39, 0.29) is 24.7 Å². The summed E-state index contributed by atoms with van der Waals surface area (Å²) in [6, 6.07) is 5.91. The third kappa shape index (κ3) is 4.08. The summed E-state index contributed by atoms with van der Waals surface area (Å²) in [5.41, 5.74) is 1.93. The highest BCUT2D eigenvalue weighted by molar-refractivity contribution is 5.74. The third-order valence-corrected chi connectivity index (χ3v) is 4.66. The minimum Gasteiger partial charge on any atom is -0.480 e. The third-order valence-electron chi connectivity index (χ3n) is 4.66. The van der Waals surface area contributed by atoms with Crippen LogP contribution in [-0.2, 0) is 11.3 Å². The summed E-state index contributed by atoms with van der Waals surface area (Å²) in [7, 11) is 0. The van der Waals surface area contributed by atoms with E-state index < -0.39 is 5.97 Å². The van der Waals surface area contributed by atoms with Gasteiger partial charge in [0.25, 0.3) is 0 Å². The molecule has 2 heterocycles. The minimum absolute atomic E-state index is 0.0504. The lowest BCUT2D eigenvalue weighted by molar-refractivity contribution is -0.139. The molecule has 25 heavy (non-hydrogen) atoms. The quantitative estimate of drug-likeness (QED) is 0.697. The van der Waals surface area contributed by atoms with Crippen LogP contribution in [-0.4, -0.2) is 56.8 Å². The zero-order valence-corrected chi connectivity index (χ0v) is 14.2. The molecular weight excluding hydrogens is 322 g/mol. The second-order valence-electron chi connectivity index (χ2n) is 6.31. The fourth-order valence-electron chi connectivity index (χ4n) is 3.21. The number of carbonyl (C=O) groups is 2. The number of nitrogens with one attached hydrogen (secondary N) is 2. The molecule has 8 nitrogen and oxygen atoms in total. The van der Waals surface area contributed by atoms with E-state index in [4.69, 9.17) is 5.11 Å². The molecular formula is C17H23N5O3. The lowest BCUT2D eigenvalue weighted by Gasteiger charge is -2.42. The van der Waals surface area contributed by atoms with Gasteiger partial charge in [-0.2, -0.15) is 5.10 Å². The Kier molecular flexibility index (Phi) is 5.18. The number of carbonyl (C=O) groups excluding carboxylic acids is 1. The second kappa shape index (κ2) is 7.52. The Balaban J connectivity index is 1.43. The molecule has 8 heteroatoms. The normalized spacial score (nSPS) is 19.6. The van der Waals surface area contributed by atoms with Crippen LogP contribution in [0.5, 0.6) is 0 Å². The van der Waals surface area contributed by atoms with Gasteiger partial charge >= 0.3 is 12.0 Å². The van der Waals surface area contributed by atoms with Gasteiger partial charge in [-0.05, 0) is 31.5 Å². The Morgan fingerprint density at radius 3 is 2.92 bits per heavy atom. The molecule has 0 atom stereocenters. The maximum atomic E-state index is 12.0. The first-order valence-electron chi connectivity index (χ1n) is 8.48. The molecule has 0 aromatic carbocycles. The van der Waals surface area contributed by atoms with Crippen molar-refractivity contribution < 1.29 is 14.7 Å². The van der Waals surface area contributed by atoms with Gasteiger partial charge < -0.3 is 15.7 Å². The molecule has 1 aliphatic rings. The van der Waals surface area contributed by atoms with E-state index in [0.29, 0.717) is 13.1 Å². The van der Waals surface area contributed by atoms with Crippen molar-refractivity contribution in [3.8, 4) is 0 Å². The largest absolute Gasteiger partial charge is 0.480 e. The summed E-state index contributed by atoms with van der Waals surface area (Å²) in [5.74, 6) is -0.815. The maximum absolute atomic E-state index is 12.0. The molecule has 0 spiro atoms. The van der Waals surface area contributed by atoms with Crippen LogP contribution in [0.1, 0.15) is 25.3 Å². The summed E-state index contributed by atoms with van der Waals surface area (Å²) in [6.07, 6.45) is 5.18. The number of pyridine rings is 1. The van der Waals surface area contributed by atoms with Crippen LogP contribution in [0.25, 0.3) is 5.52 Å². The Bertz CT molecular complexity index is 754. The van der Waals surface area contributed by atoms with Gasteiger partial charge in [0.1, 0.15) is 0 Å². The summed E-state index contributed by atoms with van der Waals surface area (Å²) in [4.78, 5) is 24.8. The first kappa shape index (κ1) is 17.2. The molecule has 1 fully saturated rings. The van der Waals surface area contributed by atoms with Crippen LogP contribution in [0.15, 0.2) is 30.6 Å². The van der Waals surface area contributed by atoms with Gasteiger partial charge in [-0.15, -0.1) is 0 Å². The van der Waals surface area contributed by atoms with E-state index in [1.54, 1.807) is 10.7 Å². The minimum atomic E-state index is -0.815. The van der Waals surface area contributed by atoms with E-state index in [2.05, 4.69) is 15.7 Å². The number of carboxylic acid groups (broad SMARTS) is 1. The van der Waals surface area contributed by atoms with Crippen molar-refractivity contribution in [2.24, 2.45) is 0 Å². The Hall–Kier alpha value is -2.61. The molecule has 2 aromatic rings. The summed E-state index contributed by atoms with van der Waals surface area (Å²) >= 11 is 0. The van der Waals surface area contributed by atoms with E-state index in [9.17, 15) is 9.59 Å². The second-order valence-corrected chi connectivity index (χ2v) is 6.31. The predicted molar refractivity (Wildman–Crippen MR) is 92.3 cm³/mol. The lowest BCUT2D eigenvalue weighted by Crippen LogP contribution is -2.56. The van der Waals surface area contributed by atoms with Crippen molar-refractivity contribution in [1.29, 1.82) is 0 Å². The number of amides is 2. The molecule has 0 aliphatic heterocycles. The highest BCUT2D eigenvalue weighted by atomic mass is 16.4. The fourth-order valence-corrected chi connectivity index (χ4v) is 3.21. The Morgan fingerprint density at radius 1 is 1.40 bits per heavy atom. The number of fused-ring (bicyclic) bond motifs is 1. The molecule has 2 amide bonds. The predicted octanol–water partition coefficient (Wildman–Crippen LogP) is 1.07. The van der Waals surface area contributed by atoms with E-state index in [1.165, 1.54) is 0 Å². The standard InChI is InChI=1S/C17H23N5O3/c1-2-21(11-16(23)24)14-7-13(8-14)20-17(25)18-9-12-10-19-22-6-4-3-5-15(12)22/h3-6,10,13-14H,2,7-9,11H2,1H3,(H,23,24)(H2,18,20,25). The van der Waals surface area contributed by atoms with Gasteiger partial charge in [0.2, 0.25) is 0 Å². The van der Waals surface area contributed by atoms with Gasteiger partial charge in [-0.1, -0.05) is 13.0 Å². The topological polar surface area (TPSA) is 99.0 Å². The van der Waals surface area contributed by atoms with Gasteiger partial charge in [0.15, 0.2) is 0 Å². The zero-order chi connectivity index (χ0) is 17.8. The Morgan fingerprint density at radius 2 is 2.20 bits per heavy atom. The number of aliphatic carboxylic acids is 1. The average molecular weight is 345 g/mol. The number of hydrogen-bond donors (Lipinski definition) is 3. The molecule has 2 aromatic heterocycles. The van der Waals surface area contributed by atoms with Crippen molar-refractivity contribution in [1.82, 2.24) is 25.1 Å². The molecule has 1 aliphatic carbocycles. The summed E-state index contributed by atoms with van der Waals surface area (Å²) in [5, 5.41) is 18.9. The highest BCUT2D eigenvalue weighted by Gasteiger charge is 2.34. The average Bonchev–Trinajstić information content (AvgIpc) is 2.97. The lowest BCUT2D eigenvalue weighted by atomic mass is 9.85. The summed E-state index contributed by atoms with van der Waals surface area (Å²) in [6.45, 7) is 3.11. The number of carboxylic acids is 1. The fraction of sp³-hybridized carbons (Fsp3) is 0.471. The van der Waals surface area contributed by atoms with Crippen LogP contribution >= 0.6 is 0 Å². The van der Waals surface area contributed by atoms with Crippen molar-refractivity contribution in [2.45, 2.75) is 38.4 Å². The first-order valence-corrected chi connectivity index (χ1v) is 8.48. The van der Waals surface area contributed by atoms with Crippen molar-refractivity contribution in [3.05, 3.63) is 36.2 Å². The van der Waals surface area contributed by atoms with E-state index in [1.807, 2.05) is 36.2 Å². The van der Waals surface area contributed by atoms with Crippen molar-refractivity contribution in [3.63, 3.8) is 0 Å². The maximum Gasteiger partial charge on any atom is 0.317 e. The van der Waals surface area contributed by atoms with Crippen LogP contribution in [0.2, 0.25) is 0 Å². The first-order chi connectivity index (χ1) is 12.1. The van der Waals surface area contributed by atoms with E-state index >= 15 is 0 Å². The number of rotatable bonds is 7. The molecule has 134 valence electrons. The molecule has 0 unspecified atom stereocenters. The SMILES string of the molecule is CCN(CC(=O)O)C1CC(NC(=O)NCc2cnn3ccccc23)C1. The van der Waals surface area contributed by atoms with Gasteiger partial charge in [-0.3, -0.25) is 9.69 Å². The van der Waals surface area contributed by atoms with Crippen molar-refractivity contribution >= 4 is 17.5 Å². The number of hydrogen-bond acceptors (Lipinski definition) is 4. The zero-order valence-electron chi connectivity index (χ0n) is 14.2. The van der Waals surface area contributed by atoms with Gasteiger partial charge in [-0.25, -0.2) is 9.31 Å².